The molecule has 0 amide bonds. The molecule has 0 saturated heterocycles. The highest BCUT2D eigenvalue weighted by Crippen LogP contribution is 2.14. The first-order valence-corrected chi connectivity index (χ1v) is 9.87. The van der Waals surface area contributed by atoms with Crippen LogP contribution in [0.15, 0.2) is 0 Å². The second-order valence-electron chi connectivity index (χ2n) is 6.67. The van der Waals surface area contributed by atoms with Crippen molar-refractivity contribution < 1.29 is 9.53 Å². The van der Waals surface area contributed by atoms with Gasteiger partial charge in [-0.25, -0.2) is 0 Å². The van der Waals surface area contributed by atoms with Gasteiger partial charge >= 0.3 is 5.97 Å². The SMILES string of the molecule is CCCCCCCCCCCCCCC[C@@H](CC)OC(C)=O. The molecule has 0 N–H and O–H groups in total. The molecule has 0 aromatic rings. The van der Waals surface area contributed by atoms with Crippen molar-refractivity contribution in [2.75, 3.05) is 0 Å². The molecule has 0 aliphatic rings. The monoisotopic (exact) mass is 312 g/mol. The van der Waals surface area contributed by atoms with Crippen LogP contribution >= 0.6 is 0 Å². The predicted molar refractivity (Wildman–Crippen MR) is 96.2 cm³/mol. The van der Waals surface area contributed by atoms with Gasteiger partial charge in [-0.05, 0) is 19.3 Å². The molecular formula is C20H40O2. The molecule has 0 radical (unpaired) electrons. The molecule has 0 aliphatic heterocycles. The summed E-state index contributed by atoms with van der Waals surface area (Å²) >= 11 is 0. The van der Waals surface area contributed by atoms with E-state index < -0.39 is 0 Å². The Balaban J connectivity index is 3.18. The standard InChI is InChI=1S/C20H40O2/c1-4-6-7-8-9-10-11-12-13-14-15-16-17-18-20(5-2)22-19(3)21/h20H,4-18H2,1-3H3/t20-/m1/s1. The minimum atomic E-state index is -0.137. The quantitative estimate of drug-likeness (QED) is 0.231. The highest BCUT2D eigenvalue weighted by Gasteiger charge is 2.08. The van der Waals surface area contributed by atoms with Crippen molar-refractivity contribution in [1.29, 1.82) is 0 Å². The molecule has 22 heavy (non-hydrogen) atoms. The van der Waals surface area contributed by atoms with Gasteiger partial charge in [0.15, 0.2) is 0 Å². The number of unbranched alkanes of at least 4 members (excludes halogenated alkanes) is 12. The Morgan fingerprint density at radius 2 is 1.14 bits per heavy atom. The molecule has 0 rings (SSSR count). The van der Waals surface area contributed by atoms with Crippen LogP contribution in [-0.2, 0) is 9.53 Å². The van der Waals surface area contributed by atoms with Crippen LogP contribution in [0, 0.1) is 0 Å². The Bertz CT molecular complexity index is 238. The summed E-state index contributed by atoms with van der Waals surface area (Å²) < 4.78 is 5.27. The van der Waals surface area contributed by atoms with Crippen LogP contribution < -0.4 is 0 Å². The third-order valence-electron chi connectivity index (χ3n) is 4.42. The zero-order valence-electron chi connectivity index (χ0n) is 15.5. The predicted octanol–water partition coefficient (Wildman–Crippen LogP) is 6.81. The number of rotatable bonds is 16. The van der Waals surface area contributed by atoms with Crippen LogP contribution in [0.4, 0.5) is 0 Å². The minimum Gasteiger partial charge on any atom is -0.463 e. The van der Waals surface area contributed by atoms with Gasteiger partial charge in [0, 0.05) is 6.92 Å². The third-order valence-corrected chi connectivity index (χ3v) is 4.42. The molecule has 0 aliphatic carbocycles. The molecular weight excluding hydrogens is 272 g/mol. The fourth-order valence-electron chi connectivity index (χ4n) is 2.97. The van der Waals surface area contributed by atoms with Crippen LogP contribution in [-0.4, -0.2) is 12.1 Å². The molecule has 0 saturated carbocycles. The molecule has 1 atom stereocenters. The van der Waals surface area contributed by atoms with Gasteiger partial charge in [-0.15, -0.1) is 0 Å². The first-order chi connectivity index (χ1) is 10.7. The smallest absolute Gasteiger partial charge is 0.302 e. The van der Waals surface area contributed by atoms with Crippen LogP contribution in [0.1, 0.15) is 117 Å². The average molecular weight is 313 g/mol. The van der Waals surface area contributed by atoms with Crippen molar-refractivity contribution in [2.45, 2.75) is 123 Å². The molecule has 0 aromatic heterocycles. The second kappa shape index (κ2) is 16.8. The second-order valence-corrected chi connectivity index (χ2v) is 6.67. The molecule has 2 nitrogen and oxygen atoms in total. The van der Waals surface area contributed by atoms with E-state index in [0.717, 1.165) is 12.8 Å². The van der Waals surface area contributed by atoms with E-state index in [4.69, 9.17) is 4.74 Å². The maximum Gasteiger partial charge on any atom is 0.302 e. The summed E-state index contributed by atoms with van der Waals surface area (Å²) in [5.74, 6) is -0.137. The van der Waals surface area contributed by atoms with Crippen molar-refractivity contribution in [3.63, 3.8) is 0 Å². The minimum absolute atomic E-state index is 0.137. The summed E-state index contributed by atoms with van der Waals surface area (Å²) in [6, 6.07) is 0. The Morgan fingerprint density at radius 3 is 1.50 bits per heavy atom. The van der Waals surface area contributed by atoms with Crippen molar-refractivity contribution in [2.24, 2.45) is 0 Å². The highest BCUT2D eigenvalue weighted by molar-refractivity contribution is 5.66. The summed E-state index contributed by atoms with van der Waals surface area (Å²) in [7, 11) is 0. The molecule has 0 bridgehead atoms. The van der Waals surface area contributed by atoms with Gasteiger partial charge in [-0.1, -0.05) is 90.9 Å². The largest absolute Gasteiger partial charge is 0.463 e. The first-order valence-electron chi connectivity index (χ1n) is 9.87. The summed E-state index contributed by atoms with van der Waals surface area (Å²) in [5.41, 5.74) is 0. The Kier molecular flexibility index (Phi) is 16.4. The molecule has 0 aromatic carbocycles. The van der Waals surface area contributed by atoms with E-state index in [1.807, 2.05) is 0 Å². The average Bonchev–Trinajstić information content (AvgIpc) is 2.50. The maximum absolute atomic E-state index is 10.9. The Morgan fingerprint density at radius 1 is 0.727 bits per heavy atom. The lowest BCUT2D eigenvalue weighted by molar-refractivity contribution is -0.146. The third kappa shape index (κ3) is 15.9. The molecule has 0 heterocycles. The number of hydrogen-bond acceptors (Lipinski definition) is 2. The summed E-state index contributed by atoms with van der Waals surface area (Å²) in [6.45, 7) is 5.88. The summed E-state index contributed by atoms with van der Waals surface area (Å²) in [4.78, 5) is 10.9. The van der Waals surface area contributed by atoms with Gasteiger partial charge in [0.05, 0.1) is 0 Å². The van der Waals surface area contributed by atoms with Crippen molar-refractivity contribution in [3.05, 3.63) is 0 Å². The number of carbonyl (C=O) groups is 1. The normalized spacial score (nSPS) is 12.3. The fourth-order valence-corrected chi connectivity index (χ4v) is 2.97. The van der Waals surface area contributed by atoms with Gasteiger partial charge < -0.3 is 4.74 Å². The van der Waals surface area contributed by atoms with E-state index in [1.165, 1.54) is 90.4 Å². The molecule has 0 unspecified atom stereocenters. The molecule has 0 spiro atoms. The number of hydrogen-bond donors (Lipinski definition) is 0. The van der Waals surface area contributed by atoms with Gasteiger partial charge in [0.2, 0.25) is 0 Å². The zero-order chi connectivity index (χ0) is 16.5. The van der Waals surface area contributed by atoms with E-state index >= 15 is 0 Å². The lowest BCUT2D eigenvalue weighted by Crippen LogP contribution is -2.14. The van der Waals surface area contributed by atoms with Gasteiger partial charge in [0.25, 0.3) is 0 Å². The van der Waals surface area contributed by atoms with Crippen LogP contribution in [0.2, 0.25) is 0 Å². The van der Waals surface area contributed by atoms with Crippen LogP contribution in [0.3, 0.4) is 0 Å². The van der Waals surface area contributed by atoms with Crippen molar-refractivity contribution >= 4 is 5.97 Å². The lowest BCUT2D eigenvalue weighted by atomic mass is 10.0. The van der Waals surface area contributed by atoms with Gasteiger partial charge in [-0.3, -0.25) is 4.79 Å². The molecule has 132 valence electrons. The number of esters is 1. The maximum atomic E-state index is 10.9. The highest BCUT2D eigenvalue weighted by atomic mass is 16.5. The van der Waals surface area contributed by atoms with E-state index in [2.05, 4.69) is 13.8 Å². The van der Waals surface area contributed by atoms with E-state index in [0.29, 0.717) is 0 Å². The first kappa shape index (κ1) is 21.5. The zero-order valence-corrected chi connectivity index (χ0v) is 15.5. The Hall–Kier alpha value is -0.530. The van der Waals surface area contributed by atoms with E-state index in [-0.39, 0.29) is 12.1 Å². The van der Waals surface area contributed by atoms with Crippen molar-refractivity contribution in [3.8, 4) is 0 Å². The van der Waals surface area contributed by atoms with Crippen LogP contribution in [0.5, 0.6) is 0 Å². The van der Waals surface area contributed by atoms with Gasteiger partial charge in [-0.2, -0.15) is 0 Å². The summed E-state index contributed by atoms with van der Waals surface area (Å²) in [6.07, 6.45) is 20.1. The van der Waals surface area contributed by atoms with Gasteiger partial charge in [0.1, 0.15) is 6.10 Å². The van der Waals surface area contributed by atoms with E-state index in [9.17, 15) is 4.79 Å². The summed E-state index contributed by atoms with van der Waals surface area (Å²) in [5, 5.41) is 0. The lowest BCUT2D eigenvalue weighted by Gasteiger charge is -2.14. The fraction of sp³-hybridized carbons (Fsp3) is 0.950. The van der Waals surface area contributed by atoms with Crippen molar-refractivity contribution in [1.82, 2.24) is 0 Å². The topological polar surface area (TPSA) is 26.3 Å². The molecule has 0 fully saturated rings. The number of ether oxygens (including phenoxy) is 1. The Labute approximate surface area is 139 Å². The molecule has 2 heteroatoms. The van der Waals surface area contributed by atoms with Crippen LogP contribution in [0.25, 0.3) is 0 Å². The van der Waals surface area contributed by atoms with E-state index in [1.54, 1.807) is 0 Å². The number of carbonyl (C=O) groups excluding carboxylic acids is 1.